The zero-order valence-corrected chi connectivity index (χ0v) is 11.6. The molecule has 1 aromatic carbocycles. The van der Waals surface area contributed by atoms with Crippen LogP contribution >= 0.6 is 0 Å². The Bertz CT molecular complexity index is 317. The average molecular weight is 234 g/mol. The summed E-state index contributed by atoms with van der Waals surface area (Å²) in [7, 11) is 0. The first-order valence-electron chi connectivity index (χ1n) is 6.94. The van der Waals surface area contributed by atoms with Gasteiger partial charge in [0.25, 0.3) is 0 Å². The molecular weight excluding hydrogens is 208 g/mol. The topological polar surface area (TPSA) is 9.23 Å². The lowest BCUT2D eigenvalue weighted by Crippen LogP contribution is -1.99. The summed E-state index contributed by atoms with van der Waals surface area (Å²) in [5.41, 5.74) is 2.51. The number of hydrogen-bond donors (Lipinski definition) is 0. The largest absolute Gasteiger partial charge is 0.493 e. The van der Waals surface area contributed by atoms with Crippen molar-refractivity contribution < 1.29 is 4.74 Å². The van der Waals surface area contributed by atoms with E-state index >= 15 is 0 Å². The third kappa shape index (κ3) is 5.76. The summed E-state index contributed by atoms with van der Waals surface area (Å²) in [5, 5.41) is 0. The van der Waals surface area contributed by atoms with E-state index in [1.807, 2.05) is 0 Å². The van der Waals surface area contributed by atoms with Gasteiger partial charge in [0.15, 0.2) is 0 Å². The molecule has 0 aromatic heterocycles. The van der Waals surface area contributed by atoms with Crippen molar-refractivity contribution >= 4 is 0 Å². The van der Waals surface area contributed by atoms with Gasteiger partial charge in [-0.2, -0.15) is 0 Å². The Balaban J connectivity index is 2.15. The van der Waals surface area contributed by atoms with Crippen LogP contribution in [0.25, 0.3) is 0 Å². The summed E-state index contributed by atoms with van der Waals surface area (Å²) in [6.45, 7) is 7.33. The molecule has 0 bridgehead atoms. The number of ether oxygens (including phenoxy) is 1. The Morgan fingerprint density at radius 1 is 0.941 bits per heavy atom. The smallest absolute Gasteiger partial charge is 0.122 e. The van der Waals surface area contributed by atoms with Crippen molar-refractivity contribution in [1.29, 1.82) is 0 Å². The summed E-state index contributed by atoms with van der Waals surface area (Å²) in [6.07, 6.45) is 7.89. The molecule has 1 nitrogen and oxygen atoms in total. The molecular formula is C16H26O. The molecule has 0 heterocycles. The molecule has 1 aromatic rings. The second-order valence-corrected chi connectivity index (χ2v) is 4.89. The van der Waals surface area contributed by atoms with Crippen molar-refractivity contribution in [2.75, 3.05) is 6.61 Å². The van der Waals surface area contributed by atoms with Crippen LogP contribution in [0, 0.1) is 13.8 Å². The van der Waals surface area contributed by atoms with Crippen LogP contribution in [0.4, 0.5) is 0 Å². The minimum Gasteiger partial charge on any atom is -0.493 e. The second kappa shape index (κ2) is 8.16. The average Bonchev–Trinajstić information content (AvgIpc) is 2.32. The van der Waals surface area contributed by atoms with Gasteiger partial charge in [0, 0.05) is 0 Å². The summed E-state index contributed by atoms with van der Waals surface area (Å²) >= 11 is 0. The lowest BCUT2D eigenvalue weighted by Gasteiger charge is -2.09. The van der Waals surface area contributed by atoms with Crippen LogP contribution in [-0.4, -0.2) is 6.61 Å². The maximum Gasteiger partial charge on any atom is 0.122 e. The van der Waals surface area contributed by atoms with E-state index in [2.05, 4.69) is 39.0 Å². The number of rotatable bonds is 8. The Morgan fingerprint density at radius 3 is 2.41 bits per heavy atom. The molecule has 96 valence electrons. The van der Waals surface area contributed by atoms with Crippen molar-refractivity contribution in [1.82, 2.24) is 0 Å². The van der Waals surface area contributed by atoms with Crippen molar-refractivity contribution in [3.05, 3.63) is 29.3 Å². The number of unbranched alkanes of at least 4 members (excludes halogenated alkanes) is 5. The van der Waals surface area contributed by atoms with Crippen LogP contribution < -0.4 is 4.74 Å². The van der Waals surface area contributed by atoms with Gasteiger partial charge in [-0.3, -0.25) is 0 Å². The highest BCUT2D eigenvalue weighted by Crippen LogP contribution is 2.19. The van der Waals surface area contributed by atoms with Gasteiger partial charge in [-0.05, 0) is 37.5 Å². The summed E-state index contributed by atoms with van der Waals surface area (Å²) < 4.78 is 5.82. The Hall–Kier alpha value is -0.980. The van der Waals surface area contributed by atoms with E-state index in [1.165, 1.54) is 49.7 Å². The normalized spacial score (nSPS) is 10.5. The monoisotopic (exact) mass is 234 g/mol. The highest BCUT2D eigenvalue weighted by Gasteiger charge is 1.99. The van der Waals surface area contributed by atoms with Gasteiger partial charge in [-0.25, -0.2) is 0 Å². The number of aryl methyl sites for hydroxylation is 2. The van der Waals surface area contributed by atoms with Gasteiger partial charge >= 0.3 is 0 Å². The van der Waals surface area contributed by atoms with Gasteiger partial charge in [0.05, 0.1) is 6.61 Å². The third-order valence-corrected chi connectivity index (χ3v) is 3.10. The predicted molar refractivity (Wildman–Crippen MR) is 74.8 cm³/mol. The molecule has 1 rings (SSSR count). The molecule has 0 fully saturated rings. The molecule has 0 radical (unpaired) electrons. The SMILES string of the molecule is CCCCCCCCOc1cc(C)ccc1C. The van der Waals surface area contributed by atoms with Crippen LogP contribution in [-0.2, 0) is 0 Å². The van der Waals surface area contributed by atoms with E-state index in [9.17, 15) is 0 Å². The van der Waals surface area contributed by atoms with E-state index in [-0.39, 0.29) is 0 Å². The summed E-state index contributed by atoms with van der Waals surface area (Å²) in [5.74, 6) is 1.05. The quantitative estimate of drug-likeness (QED) is 0.572. The first-order chi connectivity index (χ1) is 8.24. The van der Waals surface area contributed by atoms with Crippen molar-refractivity contribution in [3.63, 3.8) is 0 Å². The molecule has 0 aliphatic rings. The van der Waals surface area contributed by atoms with E-state index in [0.717, 1.165) is 12.4 Å². The van der Waals surface area contributed by atoms with E-state index < -0.39 is 0 Å². The molecule has 0 saturated heterocycles. The zero-order chi connectivity index (χ0) is 12.5. The Morgan fingerprint density at radius 2 is 1.65 bits per heavy atom. The van der Waals surface area contributed by atoms with Gasteiger partial charge < -0.3 is 4.74 Å². The molecule has 0 unspecified atom stereocenters. The van der Waals surface area contributed by atoms with Crippen molar-refractivity contribution in [3.8, 4) is 5.75 Å². The molecule has 0 N–H and O–H groups in total. The Labute approximate surface area is 106 Å². The fraction of sp³-hybridized carbons (Fsp3) is 0.625. The van der Waals surface area contributed by atoms with E-state index in [1.54, 1.807) is 0 Å². The van der Waals surface area contributed by atoms with Crippen LogP contribution in [0.15, 0.2) is 18.2 Å². The van der Waals surface area contributed by atoms with Crippen molar-refractivity contribution in [2.24, 2.45) is 0 Å². The van der Waals surface area contributed by atoms with Crippen LogP contribution in [0.5, 0.6) is 5.75 Å². The fourth-order valence-corrected chi connectivity index (χ4v) is 1.93. The molecule has 0 atom stereocenters. The van der Waals surface area contributed by atoms with E-state index in [0.29, 0.717) is 0 Å². The number of benzene rings is 1. The lowest BCUT2D eigenvalue weighted by molar-refractivity contribution is 0.302. The third-order valence-electron chi connectivity index (χ3n) is 3.10. The molecule has 0 spiro atoms. The maximum absolute atomic E-state index is 5.82. The molecule has 17 heavy (non-hydrogen) atoms. The number of hydrogen-bond acceptors (Lipinski definition) is 1. The molecule has 1 heteroatoms. The first kappa shape index (κ1) is 14.1. The molecule has 0 amide bonds. The second-order valence-electron chi connectivity index (χ2n) is 4.89. The standard InChI is InChI=1S/C16H26O/c1-4-5-6-7-8-9-12-17-16-13-14(2)10-11-15(16)3/h10-11,13H,4-9,12H2,1-3H3. The molecule has 0 aliphatic heterocycles. The highest BCUT2D eigenvalue weighted by atomic mass is 16.5. The molecule has 0 aliphatic carbocycles. The van der Waals surface area contributed by atoms with Crippen LogP contribution in [0.3, 0.4) is 0 Å². The highest BCUT2D eigenvalue weighted by molar-refractivity contribution is 5.35. The predicted octanol–water partition coefficient (Wildman–Crippen LogP) is 5.04. The fourth-order valence-electron chi connectivity index (χ4n) is 1.93. The van der Waals surface area contributed by atoms with Gasteiger partial charge in [-0.15, -0.1) is 0 Å². The van der Waals surface area contributed by atoms with Gasteiger partial charge in [-0.1, -0.05) is 51.2 Å². The first-order valence-corrected chi connectivity index (χ1v) is 6.94. The maximum atomic E-state index is 5.82. The summed E-state index contributed by atoms with van der Waals surface area (Å²) in [6, 6.07) is 6.39. The lowest BCUT2D eigenvalue weighted by atomic mass is 10.1. The minimum absolute atomic E-state index is 0.858. The van der Waals surface area contributed by atoms with Crippen LogP contribution in [0.2, 0.25) is 0 Å². The molecule has 0 saturated carbocycles. The van der Waals surface area contributed by atoms with Gasteiger partial charge in [0.1, 0.15) is 5.75 Å². The summed E-state index contributed by atoms with van der Waals surface area (Å²) in [4.78, 5) is 0. The van der Waals surface area contributed by atoms with Crippen molar-refractivity contribution in [2.45, 2.75) is 59.3 Å². The van der Waals surface area contributed by atoms with E-state index in [4.69, 9.17) is 4.74 Å². The zero-order valence-electron chi connectivity index (χ0n) is 11.6. The Kier molecular flexibility index (Phi) is 6.76. The van der Waals surface area contributed by atoms with Crippen LogP contribution in [0.1, 0.15) is 56.6 Å². The van der Waals surface area contributed by atoms with Gasteiger partial charge in [0.2, 0.25) is 0 Å². The minimum atomic E-state index is 0.858.